The van der Waals surface area contributed by atoms with Crippen LogP contribution in [0.15, 0.2) is 36.7 Å². The van der Waals surface area contributed by atoms with Crippen molar-refractivity contribution in [3.8, 4) is 0 Å². The summed E-state index contributed by atoms with van der Waals surface area (Å²) in [5.74, 6) is 0.973. The van der Waals surface area contributed by atoms with E-state index >= 15 is 0 Å². The minimum Gasteiger partial charge on any atom is -1.00 e. The fourth-order valence-corrected chi connectivity index (χ4v) is 1.60. The summed E-state index contributed by atoms with van der Waals surface area (Å²) in [5, 5.41) is 0. The number of aromatic nitrogens is 2. The van der Waals surface area contributed by atoms with E-state index in [4.69, 9.17) is 0 Å². The molecule has 0 aliphatic rings. The van der Waals surface area contributed by atoms with Gasteiger partial charge in [-0.3, -0.25) is 0 Å². The van der Waals surface area contributed by atoms with E-state index < -0.39 is 0 Å². The van der Waals surface area contributed by atoms with Crippen LogP contribution in [0.2, 0.25) is 0 Å². The van der Waals surface area contributed by atoms with Gasteiger partial charge in [0.1, 0.15) is 24.8 Å². The molecule has 0 spiro atoms. The molecule has 2 aromatic rings. The molecule has 0 unspecified atom stereocenters. The van der Waals surface area contributed by atoms with Gasteiger partial charge in [-0.05, 0) is 17.7 Å². The molecule has 0 bridgehead atoms. The Balaban J connectivity index is 0.00000128. The van der Waals surface area contributed by atoms with Crippen molar-refractivity contribution in [3.05, 3.63) is 53.9 Å². The van der Waals surface area contributed by atoms with Gasteiger partial charge >= 0.3 is 0 Å². The molecule has 0 N–H and O–H groups in total. The molecule has 0 saturated carbocycles. The third kappa shape index (κ3) is 2.70. The van der Waals surface area contributed by atoms with Crippen LogP contribution in [0, 0.1) is 12.7 Å². The fraction of sp³-hybridized carbons (Fsp3) is 0.250. The molecule has 16 heavy (non-hydrogen) atoms. The third-order valence-electron chi connectivity index (χ3n) is 2.64. The Kier molecular flexibility index (Phi) is 4.24. The van der Waals surface area contributed by atoms with Gasteiger partial charge in [-0.1, -0.05) is 12.1 Å². The Labute approximate surface area is 105 Å². The van der Waals surface area contributed by atoms with Crippen molar-refractivity contribution in [2.75, 3.05) is 0 Å². The minimum atomic E-state index is -0.179. The molecule has 2 nitrogen and oxygen atoms in total. The molecule has 4 heteroatoms. The largest absolute Gasteiger partial charge is 1.00 e. The number of hydrogen-bond donors (Lipinski definition) is 0. The number of nitrogens with zero attached hydrogens (tertiary/aromatic N) is 2. The van der Waals surface area contributed by atoms with Crippen LogP contribution in [0.25, 0.3) is 0 Å². The predicted molar refractivity (Wildman–Crippen MR) is 55.8 cm³/mol. The number of halogens is 2. The second-order valence-electron chi connectivity index (χ2n) is 3.71. The summed E-state index contributed by atoms with van der Waals surface area (Å²) in [4.78, 5) is 0. The molecule has 0 atom stereocenters. The summed E-state index contributed by atoms with van der Waals surface area (Å²) in [6.07, 6.45) is 3.99. The summed E-state index contributed by atoms with van der Waals surface area (Å²) in [6, 6.07) is 6.71. The van der Waals surface area contributed by atoms with Crippen molar-refractivity contribution < 1.29 is 25.9 Å². The lowest BCUT2D eigenvalue weighted by molar-refractivity contribution is -0.677. The highest BCUT2D eigenvalue weighted by Gasteiger charge is 2.09. The molecule has 0 amide bonds. The van der Waals surface area contributed by atoms with Gasteiger partial charge in [0.05, 0.1) is 7.05 Å². The number of aryl methyl sites for hydroxylation is 1. The lowest BCUT2D eigenvalue weighted by atomic mass is 10.2. The molecule has 1 heterocycles. The van der Waals surface area contributed by atoms with Crippen LogP contribution in [-0.4, -0.2) is 4.57 Å². The Bertz CT molecular complexity index is 480. The van der Waals surface area contributed by atoms with Gasteiger partial charge in [0.25, 0.3) is 5.82 Å². The third-order valence-corrected chi connectivity index (χ3v) is 2.64. The molecule has 1 aromatic heterocycles. The quantitative estimate of drug-likeness (QED) is 0.614. The molecule has 0 aliphatic heterocycles. The first-order chi connectivity index (χ1) is 7.16. The van der Waals surface area contributed by atoms with Crippen LogP contribution in [-0.2, 0) is 13.6 Å². The van der Waals surface area contributed by atoms with Crippen molar-refractivity contribution in [1.29, 1.82) is 0 Å². The van der Waals surface area contributed by atoms with Crippen LogP contribution < -0.4 is 21.5 Å². The average molecular weight is 285 g/mol. The van der Waals surface area contributed by atoms with E-state index in [0.717, 1.165) is 11.4 Å². The summed E-state index contributed by atoms with van der Waals surface area (Å²) < 4.78 is 17.1. The maximum atomic E-state index is 13.0. The lowest BCUT2D eigenvalue weighted by Crippen LogP contribution is -3.00. The minimum absolute atomic E-state index is 0. The fourth-order valence-electron chi connectivity index (χ4n) is 1.60. The zero-order valence-corrected chi connectivity index (χ0v) is 10.9. The molecular weight excluding hydrogens is 271 g/mol. The summed E-state index contributed by atoms with van der Waals surface area (Å²) in [7, 11) is 2.00. The summed E-state index contributed by atoms with van der Waals surface area (Å²) >= 11 is 0. The zero-order chi connectivity index (χ0) is 10.8. The highest BCUT2D eigenvalue weighted by atomic mass is 79.9. The second kappa shape index (κ2) is 5.25. The SMILES string of the molecule is Cc1n(Cc2cccc(F)c2)cc[n+]1C.[Br-]. The van der Waals surface area contributed by atoms with Crippen molar-refractivity contribution in [3.63, 3.8) is 0 Å². The zero-order valence-electron chi connectivity index (χ0n) is 9.32. The van der Waals surface area contributed by atoms with E-state index in [2.05, 4.69) is 4.57 Å². The smallest absolute Gasteiger partial charge is 0.253 e. The molecule has 2 rings (SSSR count). The highest BCUT2D eigenvalue weighted by Crippen LogP contribution is 2.06. The van der Waals surface area contributed by atoms with E-state index in [-0.39, 0.29) is 22.8 Å². The number of rotatable bonds is 2. The first-order valence-electron chi connectivity index (χ1n) is 4.92. The van der Waals surface area contributed by atoms with E-state index in [0.29, 0.717) is 6.54 Å². The standard InChI is InChI=1S/C12H14FN2.BrH/c1-10-14(2)6-7-15(10)9-11-4-3-5-12(13)8-11;/h3-8H,9H2,1-2H3;1H/q+1;/p-1. The Morgan fingerprint density at radius 3 is 2.69 bits per heavy atom. The normalized spacial score (nSPS) is 9.94. The molecule has 0 aliphatic carbocycles. The van der Waals surface area contributed by atoms with Crippen molar-refractivity contribution in [2.45, 2.75) is 13.5 Å². The van der Waals surface area contributed by atoms with Crippen LogP contribution in [0.4, 0.5) is 4.39 Å². The monoisotopic (exact) mass is 284 g/mol. The highest BCUT2D eigenvalue weighted by molar-refractivity contribution is 5.16. The lowest BCUT2D eigenvalue weighted by Gasteiger charge is -1.99. The summed E-state index contributed by atoms with van der Waals surface area (Å²) in [5.41, 5.74) is 0.981. The van der Waals surface area contributed by atoms with Crippen LogP contribution in [0.1, 0.15) is 11.4 Å². The Morgan fingerprint density at radius 2 is 2.12 bits per heavy atom. The summed E-state index contributed by atoms with van der Waals surface area (Å²) in [6.45, 7) is 2.75. The van der Waals surface area contributed by atoms with Gasteiger partial charge in [0.2, 0.25) is 0 Å². The van der Waals surface area contributed by atoms with Gasteiger partial charge in [-0.15, -0.1) is 0 Å². The van der Waals surface area contributed by atoms with E-state index in [1.54, 1.807) is 12.1 Å². The number of benzene rings is 1. The van der Waals surface area contributed by atoms with Gasteiger partial charge in [0.15, 0.2) is 0 Å². The number of hydrogen-bond acceptors (Lipinski definition) is 0. The molecule has 86 valence electrons. The molecule has 0 radical (unpaired) electrons. The van der Waals surface area contributed by atoms with Crippen molar-refractivity contribution >= 4 is 0 Å². The van der Waals surface area contributed by atoms with Crippen LogP contribution in [0.5, 0.6) is 0 Å². The van der Waals surface area contributed by atoms with Gasteiger partial charge in [-0.2, -0.15) is 0 Å². The molecule has 1 aromatic carbocycles. The maximum absolute atomic E-state index is 13.0. The Hall–Kier alpha value is -1.16. The van der Waals surface area contributed by atoms with E-state index in [9.17, 15) is 4.39 Å². The molecular formula is C12H14BrFN2. The van der Waals surface area contributed by atoms with Crippen molar-refractivity contribution in [1.82, 2.24) is 4.57 Å². The first-order valence-corrected chi connectivity index (χ1v) is 4.92. The predicted octanol–water partition coefficient (Wildman–Crippen LogP) is -1.19. The van der Waals surface area contributed by atoms with E-state index in [1.807, 2.05) is 37.0 Å². The molecule has 0 fully saturated rings. The van der Waals surface area contributed by atoms with Crippen LogP contribution in [0.3, 0.4) is 0 Å². The maximum Gasteiger partial charge on any atom is 0.253 e. The van der Waals surface area contributed by atoms with Gasteiger partial charge < -0.3 is 17.0 Å². The second-order valence-corrected chi connectivity index (χ2v) is 3.71. The van der Waals surface area contributed by atoms with Gasteiger partial charge in [-0.25, -0.2) is 13.5 Å². The first kappa shape index (κ1) is 12.9. The van der Waals surface area contributed by atoms with E-state index in [1.165, 1.54) is 6.07 Å². The topological polar surface area (TPSA) is 8.81 Å². The van der Waals surface area contributed by atoms with Crippen molar-refractivity contribution in [2.24, 2.45) is 7.05 Å². The van der Waals surface area contributed by atoms with Crippen LogP contribution >= 0.6 is 0 Å². The van der Waals surface area contributed by atoms with Gasteiger partial charge in [0, 0.05) is 6.92 Å². The average Bonchev–Trinajstić information content (AvgIpc) is 2.50. The Morgan fingerprint density at radius 1 is 1.38 bits per heavy atom. The number of imidazole rings is 1. The molecule has 0 saturated heterocycles.